The number of pyridine rings is 1. The molecule has 1 amide bonds. The Hall–Kier alpha value is -2.32. The van der Waals surface area contributed by atoms with E-state index in [1.807, 2.05) is 4.90 Å². The second-order valence-electron chi connectivity index (χ2n) is 6.36. The number of rotatable bonds is 3. The Morgan fingerprint density at radius 1 is 1.19 bits per heavy atom. The molecule has 144 valence electrons. The average molecular weight is 400 g/mol. The van der Waals surface area contributed by atoms with Crippen molar-refractivity contribution >= 4 is 29.0 Å². The van der Waals surface area contributed by atoms with E-state index in [2.05, 4.69) is 10.3 Å². The maximum Gasteiger partial charge on any atom is 0.416 e. The first-order valence-electron chi connectivity index (χ1n) is 8.26. The van der Waals surface area contributed by atoms with Crippen molar-refractivity contribution in [3.63, 3.8) is 0 Å². The number of carbonyl (C=O) groups excluding carboxylic acids is 1. The summed E-state index contributed by atoms with van der Waals surface area (Å²) in [5.41, 5.74) is -2.23. The zero-order chi connectivity index (χ0) is 19.7. The molecule has 1 saturated heterocycles. The SMILES string of the molecule is O=C(Nc1ccc(C(F)(F)F)cc1)C1(O)CCN(c2ncccc2Cl)CC1. The Morgan fingerprint density at radius 3 is 2.37 bits per heavy atom. The minimum absolute atomic E-state index is 0.145. The molecule has 1 aromatic heterocycles. The van der Waals surface area contributed by atoms with Crippen LogP contribution in [0.5, 0.6) is 0 Å². The van der Waals surface area contributed by atoms with Crippen molar-refractivity contribution in [3.05, 3.63) is 53.2 Å². The number of carbonyl (C=O) groups is 1. The van der Waals surface area contributed by atoms with Crippen LogP contribution in [-0.4, -0.2) is 34.7 Å². The van der Waals surface area contributed by atoms with E-state index in [1.54, 1.807) is 18.3 Å². The fraction of sp³-hybridized carbons (Fsp3) is 0.333. The van der Waals surface area contributed by atoms with Crippen LogP contribution in [0.3, 0.4) is 0 Å². The number of benzene rings is 1. The van der Waals surface area contributed by atoms with Gasteiger partial charge in [-0.25, -0.2) is 4.98 Å². The van der Waals surface area contributed by atoms with E-state index < -0.39 is 23.2 Å². The van der Waals surface area contributed by atoms with E-state index in [-0.39, 0.29) is 18.5 Å². The van der Waals surface area contributed by atoms with Crippen LogP contribution < -0.4 is 10.2 Å². The number of aliphatic hydroxyl groups is 1. The Morgan fingerprint density at radius 2 is 1.81 bits per heavy atom. The molecule has 3 rings (SSSR count). The molecule has 0 spiro atoms. The summed E-state index contributed by atoms with van der Waals surface area (Å²) in [5, 5.41) is 13.6. The third kappa shape index (κ3) is 4.33. The van der Waals surface area contributed by atoms with E-state index in [0.29, 0.717) is 23.9 Å². The fourth-order valence-corrected chi connectivity index (χ4v) is 3.16. The van der Waals surface area contributed by atoms with Crippen LogP contribution >= 0.6 is 11.6 Å². The zero-order valence-electron chi connectivity index (χ0n) is 14.1. The van der Waals surface area contributed by atoms with Crippen molar-refractivity contribution in [2.45, 2.75) is 24.6 Å². The number of hydrogen-bond acceptors (Lipinski definition) is 4. The van der Waals surface area contributed by atoms with Crippen molar-refractivity contribution in [3.8, 4) is 0 Å². The van der Waals surface area contributed by atoms with Crippen LogP contribution in [0.15, 0.2) is 42.6 Å². The summed E-state index contributed by atoms with van der Waals surface area (Å²) < 4.78 is 37.8. The zero-order valence-corrected chi connectivity index (χ0v) is 14.9. The lowest BCUT2D eigenvalue weighted by Gasteiger charge is -2.37. The Kier molecular flexibility index (Phi) is 5.30. The normalized spacial score (nSPS) is 16.9. The molecule has 1 aliphatic rings. The van der Waals surface area contributed by atoms with Crippen LogP contribution in [-0.2, 0) is 11.0 Å². The number of nitrogens with zero attached hydrogens (tertiary/aromatic N) is 2. The molecule has 2 aromatic rings. The lowest BCUT2D eigenvalue weighted by Crippen LogP contribution is -2.52. The molecule has 5 nitrogen and oxygen atoms in total. The minimum atomic E-state index is -4.44. The van der Waals surface area contributed by atoms with Crippen LogP contribution in [0.4, 0.5) is 24.7 Å². The fourth-order valence-electron chi connectivity index (χ4n) is 2.92. The van der Waals surface area contributed by atoms with Gasteiger partial charge in [0.1, 0.15) is 11.4 Å². The number of nitrogens with one attached hydrogen (secondary N) is 1. The molecule has 2 N–H and O–H groups in total. The molecule has 0 aliphatic carbocycles. The van der Waals surface area contributed by atoms with Crippen LogP contribution in [0.2, 0.25) is 5.02 Å². The molecule has 1 fully saturated rings. The van der Waals surface area contributed by atoms with Crippen molar-refractivity contribution in [1.82, 2.24) is 4.98 Å². The van der Waals surface area contributed by atoms with Crippen LogP contribution in [0.1, 0.15) is 18.4 Å². The standard InChI is InChI=1S/C18H17ClF3N3O2/c19-14-2-1-9-23-15(14)25-10-7-17(27,8-11-25)16(26)24-13-5-3-12(4-6-13)18(20,21)22/h1-6,9,27H,7-8,10-11H2,(H,24,26). The summed E-state index contributed by atoms with van der Waals surface area (Å²) in [6, 6.07) is 7.50. The summed E-state index contributed by atoms with van der Waals surface area (Å²) in [5.74, 6) is -0.0570. The number of anilines is 2. The van der Waals surface area contributed by atoms with E-state index in [4.69, 9.17) is 11.6 Å². The van der Waals surface area contributed by atoms with Gasteiger partial charge in [-0.05, 0) is 36.4 Å². The van der Waals surface area contributed by atoms with Crippen LogP contribution in [0, 0.1) is 0 Å². The number of hydrogen-bond donors (Lipinski definition) is 2. The monoisotopic (exact) mass is 399 g/mol. The summed E-state index contributed by atoms with van der Waals surface area (Å²) >= 11 is 6.12. The largest absolute Gasteiger partial charge is 0.416 e. The molecular weight excluding hydrogens is 383 g/mol. The summed E-state index contributed by atoms with van der Waals surface area (Å²) in [6.07, 6.45) is -2.54. The average Bonchev–Trinajstić information content (AvgIpc) is 2.63. The minimum Gasteiger partial charge on any atom is -0.380 e. The highest BCUT2D eigenvalue weighted by Crippen LogP contribution is 2.32. The summed E-state index contributed by atoms with van der Waals surface area (Å²) in [7, 11) is 0. The predicted octanol–water partition coefficient (Wildman–Crippen LogP) is 3.72. The van der Waals surface area contributed by atoms with Gasteiger partial charge in [-0.15, -0.1) is 0 Å². The highest BCUT2D eigenvalue weighted by atomic mass is 35.5. The lowest BCUT2D eigenvalue weighted by atomic mass is 9.90. The molecule has 27 heavy (non-hydrogen) atoms. The third-order valence-electron chi connectivity index (χ3n) is 4.52. The Balaban J connectivity index is 1.63. The second-order valence-corrected chi connectivity index (χ2v) is 6.76. The smallest absolute Gasteiger partial charge is 0.380 e. The molecule has 0 unspecified atom stereocenters. The van der Waals surface area contributed by atoms with Crippen molar-refractivity contribution in [2.24, 2.45) is 0 Å². The number of amides is 1. The molecule has 0 bridgehead atoms. The highest BCUT2D eigenvalue weighted by molar-refractivity contribution is 6.32. The van der Waals surface area contributed by atoms with E-state index in [0.717, 1.165) is 24.3 Å². The van der Waals surface area contributed by atoms with E-state index >= 15 is 0 Å². The number of alkyl halides is 3. The van der Waals surface area contributed by atoms with Gasteiger partial charge in [0.2, 0.25) is 0 Å². The Bertz CT molecular complexity index is 819. The number of aromatic nitrogens is 1. The Labute approximate surface area is 158 Å². The predicted molar refractivity (Wildman–Crippen MR) is 95.7 cm³/mol. The molecule has 2 heterocycles. The molecule has 0 saturated carbocycles. The summed E-state index contributed by atoms with van der Waals surface area (Å²) in [6.45, 7) is 0.737. The molecule has 0 atom stereocenters. The van der Waals surface area contributed by atoms with Gasteiger partial charge in [0, 0.05) is 37.8 Å². The second kappa shape index (κ2) is 7.36. The van der Waals surface area contributed by atoms with Gasteiger partial charge in [-0.3, -0.25) is 4.79 Å². The maximum atomic E-state index is 12.6. The van der Waals surface area contributed by atoms with Gasteiger partial charge in [0.25, 0.3) is 5.91 Å². The van der Waals surface area contributed by atoms with Gasteiger partial charge in [-0.1, -0.05) is 11.6 Å². The summed E-state index contributed by atoms with van der Waals surface area (Å²) in [4.78, 5) is 18.5. The van der Waals surface area contributed by atoms with Gasteiger partial charge < -0.3 is 15.3 Å². The maximum absolute atomic E-state index is 12.6. The van der Waals surface area contributed by atoms with E-state index in [1.165, 1.54) is 0 Å². The molecule has 1 aromatic carbocycles. The molecule has 9 heteroatoms. The van der Waals surface area contributed by atoms with Gasteiger partial charge in [0.15, 0.2) is 0 Å². The van der Waals surface area contributed by atoms with Gasteiger partial charge >= 0.3 is 6.18 Å². The highest BCUT2D eigenvalue weighted by Gasteiger charge is 2.40. The third-order valence-corrected chi connectivity index (χ3v) is 4.82. The van der Waals surface area contributed by atoms with Crippen molar-refractivity contribution in [1.29, 1.82) is 0 Å². The van der Waals surface area contributed by atoms with Gasteiger partial charge in [-0.2, -0.15) is 13.2 Å². The molecule has 0 radical (unpaired) electrons. The molecular formula is C18H17ClF3N3O2. The van der Waals surface area contributed by atoms with Crippen molar-refractivity contribution < 1.29 is 23.1 Å². The van der Waals surface area contributed by atoms with Crippen LogP contribution in [0.25, 0.3) is 0 Å². The number of halogens is 4. The first kappa shape index (κ1) is 19.4. The van der Waals surface area contributed by atoms with Crippen molar-refractivity contribution in [2.75, 3.05) is 23.3 Å². The first-order chi connectivity index (χ1) is 12.7. The topological polar surface area (TPSA) is 65.5 Å². The number of piperidine rings is 1. The first-order valence-corrected chi connectivity index (χ1v) is 8.63. The quantitative estimate of drug-likeness (QED) is 0.825. The lowest BCUT2D eigenvalue weighted by molar-refractivity contribution is -0.137. The molecule has 1 aliphatic heterocycles. The van der Waals surface area contributed by atoms with E-state index in [9.17, 15) is 23.1 Å². The van der Waals surface area contributed by atoms with Gasteiger partial charge in [0.05, 0.1) is 10.6 Å².